The molecular weight excluding hydrogens is 256 g/mol. The zero-order chi connectivity index (χ0) is 14.4. The molecule has 2 amide bonds. The largest absolute Gasteiger partial charge is 0.507 e. The first kappa shape index (κ1) is 13.5. The van der Waals surface area contributed by atoms with Crippen LogP contribution < -0.4 is 10.7 Å². The van der Waals surface area contributed by atoms with Crippen molar-refractivity contribution in [3.05, 3.63) is 53.7 Å². The highest BCUT2D eigenvalue weighted by atomic mass is 16.3. The Morgan fingerprint density at radius 2 is 2.10 bits per heavy atom. The lowest BCUT2D eigenvalue weighted by Crippen LogP contribution is -2.25. The molecule has 6 heteroatoms. The lowest BCUT2D eigenvalue weighted by atomic mass is 10.2. The van der Waals surface area contributed by atoms with E-state index < -0.39 is 6.03 Å². The number of aromatic nitrogens is 1. The van der Waals surface area contributed by atoms with Gasteiger partial charge in [0, 0.05) is 11.8 Å². The molecule has 0 aliphatic heterocycles. The lowest BCUT2D eigenvalue weighted by Gasteiger charge is -2.05. The molecule has 0 fully saturated rings. The Morgan fingerprint density at radius 1 is 1.30 bits per heavy atom. The second-order valence-electron chi connectivity index (χ2n) is 4.05. The molecule has 0 aliphatic carbocycles. The predicted molar refractivity (Wildman–Crippen MR) is 76.8 cm³/mol. The first-order valence-corrected chi connectivity index (χ1v) is 5.96. The summed E-state index contributed by atoms with van der Waals surface area (Å²) in [5.74, 6) is 0.571. The molecule has 2 rings (SSSR count). The number of nitrogens with one attached hydrogen (secondary N) is 2. The molecule has 1 aromatic carbocycles. The van der Waals surface area contributed by atoms with E-state index in [1.807, 2.05) is 13.0 Å². The average Bonchev–Trinajstić information content (AvgIpc) is 2.43. The highest BCUT2D eigenvalue weighted by molar-refractivity contribution is 5.90. The first-order chi connectivity index (χ1) is 9.66. The summed E-state index contributed by atoms with van der Waals surface area (Å²) >= 11 is 0. The molecule has 2 aromatic rings. The van der Waals surface area contributed by atoms with E-state index in [0.29, 0.717) is 11.4 Å². The Kier molecular flexibility index (Phi) is 4.28. The normalized spacial score (nSPS) is 10.4. The summed E-state index contributed by atoms with van der Waals surface area (Å²) in [5, 5.41) is 15.8. The Labute approximate surface area is 116 Å². The summed E-state index contributed by atoms with van der Waals surface area (Å²) in [7, 11) is 0. The molecule has 0 saturated heterocycles. The van der Waals surface area contributed by atoms with Gasteiger partial charge < -0.3 is 5.11 Å². The number of aromatic hydroxyl groups is 1. The Bertz CT molecular complexity index is 641. The number of hydrogen-bond acceptors (Lipinski definition) is 4. The molecule has 0 saturated carbocycles. The number of amides is 2. The molecule has 3 N–H and O–H groups in total. The standard InChI is InChI=1S/C14H14N4O2/c1-10-5-4-8-15-13(10)17-14(20)18-16-9-11-6-2-3-7-12(11)19/h2-9,19H,1H3,(H2,15,17,18,20)/b16-9+. The number of nitrogens with zero attached hydrogens (tertiary/aromatic N) is 2. The fourth-order valence-electron chi connectivity index (χ4n) is 1.51. The Balaban J connectivity index is 1.93. The van der Waals surface area contributed by atoms with E-state index in [4.69, 9.17) is 0 Å². The number of para-hydroxylation sites is 1. The third kappa shape index (κ3) is 3.55. The van der Waals surface area contributed by atoms with Crippen LogP contribution in [0.1, 0.15) is 11.1 Å². The quantitative estimate of drug-likeness (QED) is 0.590. The molecule has 0 aliphatic rings. The minimum absolute atomic E-state index is 0.0963. The number of hydrogen-bond donors (Lipinski definition) is 3. The van der Waals surface area contributed by atoms with Crippen molar-refractivity contribution < 1.29 is 9.90 Å². The number of benzene rings is 1. The number of rotatable bonds is 3. The zero-order valence-electron chi connectivity index (χ0n) is 10.9. The molecule has 0 radical (unpaired) electrons. The summed E-state index contributed by atoms with van der Waals surface area (Å²) < 4.78 is 0. The molecule has 0 spiro atoms. The van der Waals surface area contributed by atoms with Gasteiger partial charge in [0.25, 0.3) is 0 Å². The van der Waals surface area contributed by atoms with E-state index in [-0.39, 0.29) is 5.75 Å². The number of phenolic OH excluding ortho intramolecular Hbond substituents is 1. The van der Waals surface area contributed by atoms with Crippen LogP contribution in [0.15, 0.2) is 47.7 Å². The number of carbonyl (C=O) groups excluding carboxylic acids is 1. The van der Waals surface area contributed by atoms with Crippen LogP contribution in [0.5, 0.6) is 5.75 Å². The van der Waals surface area contributed by atoms with Crippen LogP contribution in [-0.2, 0) is 0 Å². The molecule has 0 unspecified atom stereocenters. The third-order valence-corrected chi connectivity index (χ3v) is 2.55. The topological polar surface area (TPSA) is 86.6 Å². The van der Waals surface area contributed by atoms with Crippen molar-refractivity contribution >= 4 is 18.1 Å². The fraction of sp³-hybridized carbons (Fsp3) is 0.0714. The second kappa shape index (κ2) is 6.33. The number of hydrazone groups is 1. The molecular formula is C14H14N4O2. The van der Waals surface area contributed by atoms with Gasteiger partial charge in [0.1, 0.15) is 11.6 Å². The summed E-state index contributed by atoms with van der Waals surface area (Å²) in [4.78, 5) is 15.6. The first-order valence-electron chi connectivity index (χ1n) is 5.96. The number of aryl methyl sites for hydroxylation is 1. The summed E-state index contributed by atoms with van der Waals surface area (Å²) in [6.45, 7) is 1.84. The summed E-state index contributed by atoms with van der Waals surface area (Å²) in [5.41, 5.74) is 3.67. The van der Waals surface area contributed by atoms with Crippen LogP contribution in [-0.4, -0.2) is 22.3 Å². The van der Waals surface area contributed by atoms with Crippen molar-refractivity contribution in [1.29, 1.82) is 0 Å². The van der Waals surface area contributed by atoms with Gasteiger partial charge in [-0.1, -0.05) is 18.2 Å². The van der Waals surface area contributed by atoms with Gasteiger partial charge in [-0.3, -0.25) is 5.32 Å². The highest BCUT2D eigenvalue weighted by Gasteiger charge is 2.03. The molecule has 20 heavy (non-hydrogen) atoms. The Morgan fingerprint density at radius 3 is 2.85 bits per heavy atom. The molecule has 0 bridgehead atoms. The van der Waals surface area contributed by atoms with Crippen LogP contribution >= 0.6 is 0 Å². The number of phenols is 1. The van der Waals surface area contributed by atoms with E-state index in [0.717, 1.165) is 5.56 Å². The molecule has 102 valence electrons. The van der Waals surface area contributed by atoms with Crippen molar-refractivity contribution in [3.63, 3.8) is 0 Å². The van der Waals surface area contributed by atoms with Gasteiger partial charge >= 0.3 is 6.03 Å². The molecule has 0 atom stereocenters. The van der Waals surface area contributed by atoms with E-state index >= 15 is 0 Å². The van der Waals surface area contributed by atoms with Gasteiger partial charge in [-0.2, -0.15) is 5.10 Å². The summed E-state index contributed by atoms with van der Waals surface area (Å²) in [6, 6.07) is 9.82. The van der Waals surface area contributed by atoms with Gasteiger partial charge in [-0.15, -0.1) is 0 Å². The van der Waals surface area contributed by atoms with Gasteiger partial charge in [0.05, 0.1) is 6.21 Å². The van der Waals surface area contributed by atoms with Gasteiger partial charge in [0.2, 0.25) is 0 Å². The van der Waals surface area contributed by atoms with E-state index in [1.165, 1.54) is 6.21 Å². The van der Waals surface area contributed by atoms with E-state index in [2.05, 4.69) is 20.8 Å². The zero-order valence-corrected chi connectivity index (χ0v) is 10.9. The van der Waals surface area contributed by atoms with Crippen LogP contribution in [0.25, 0.3) is 0 Å². The average molecular weight is 270 g/mol. The second-order valence-corrected chi connectivity index (χ2v) is 4.05. The van der Waals surface area contributed by atoms with Gasteiger partial charge in [-0.25, -0.2) is 15.2 Å². The number of carbonyl (C=O) groups is 1. The van der Waals surface area contributed by atoms with Gasteiger partial charge in [0.15, 0.2) is 0 Å². The summed E-state index contributed by atoms with van der Waals surface area (Å²) in [6.07, 6.45) is 2.95. The van der Waals surface area contributed by atoms with Crippen molar-refractivity contribution in [1.82, 2.24) is 10.4 Å². The Hall–Kier alpha value is -2.89. The number of pyridine rings is 1. The smallest absolute Gasteiger partial charge is 0.340 e. The third-order valence-electron chi connectivity index (χ3n) is 2.55. The monoisotopic (exact) mass is 270 g/mol. The van der Waals surface area contributed by atoms with E-state index in [9.17, 15) is 9.90 Å². The fourth-order valence-corrected chi connectivity index (χ4v) is 1.51. The minimum atomic E-state index is -0.501. The lowest BCUT2D eigenvalue weighted by molar-refractivity contribution is 0.252. The number of anilines is 1. The molecule has 1 aromatic heterocycles. The maximum Gasteiger partial charge on any atom is 0.340 e. The minimum Gasteiger partial charge on any atom is -0.507 e. The van der Waals surface area contributed by atoms with Crippen molar-refractivity contribution in [3.8, 4) is 5.75 Å². The van der Waals surface area contributed by atoms with Crippen LogP contribution in [0.4, 0.5) is 10.6 Å². The van der Waals surface area contributed by atoms with Crippen LogP contribution in [0.2, 0.25) is 0 Å². The number of urea groups is 1. The van der Waals surface area contributed by atoms with Crippen molar-refractivity contribution in [2.45, 2.75) is 6.92 Å². The molecule has 6 nitrogen and oxygen atoms in total. The van der Waals surface area contributed by atoms with Crippen LogP contribution in [0.3, 0.4) is 0 Å². The highest BCUT2D eigenvalue weighted by Crippen LogP contribution is 2.12. The van der Waals surface area contributed by atoms with Gasteiger partial charge in [-0.05, 0) is 30.7 Å². The van der Waals surface area contributed by atoms with Crippen LogP contribution in [0, 0.1) is 6.92 Å². The molecule has 1 heterocycles. The maximum atomic E-state index is 11.6. The maximum absolute atomic E-state index is 11.6. The van der Waals surface area contributed by atoms with E-state index in [1.54, 1.807) is 36.5 Å². The SMILES string of the molecule is Cc1cccnc1NC(=O)N/N=C/c1ccccc1O. The predicted octanol–water partition coefficient (Wildman–Crippen LogP) is 2.25. The van der Waals surface area contributed by atoms with Crippen molar-refractivity contribution in [2.24, 2.45) is 5.10 Å². The van der Waals surface area contributed by atoms with Crippen molar-refractivity contribution in [2.75, 3.05) is 5.32 Å².